The number of carbonyl (C=O) groups is 1. The van der Waals surface area contributed by atoms with Gasteiger partial charge in [0.25, 0.3) is 5.69 Å². The van der Waals surface area contributed by atoms with Crippen LogP contribution < -0.4 is 14.9 Å². The minimum absolute atomic E-state index is 0.00301. The quantitative estimate of drug-likeness (QED) is 0.101. The van der Waals surface area contributed by atoms with Gasteiger partial charge in [-0.1, -0.05) is 23.7 Å². The summed E-state index contributed by atoms with van der Waals surface area (Å²) in [6.07, 6.45) is 3.74. The zero-order valence-corrected chi connectivity index (χ0v) is 19.4. The Morgan fingerprint density at radius 2 is 1.80 bits per heavy atom. The van der Waals surface area contributed by atoms with Crippen molar-refractivity contribution in [1.82, 2.24) is 0 Å². The standard InChI is InChI=1S/C26H18ClNO7/c1-15-10-20(11-16(2)25(15)27)34-23-14-33-22-13-19(7-8-21(22)26(23)30)35-24(29)9-6-17-4-3-5-18(12-17)28(31)32/h3-14H,1-2H3/b9-6+. The third-order valence-electron chi connectivity index (χ3n) is 5.06. The van der Waals surface area contributed by atoms with E-state index in [0.717, 1.165) is 17.2 Å². The van der Waals surface area contributed by atoms with E-state index in [2.05, 4.69) is 0 Å². The van der Waals surface area contributed by atoms with Crippen LogP contribution in [-0.2, 0) is 4.79 Å². The van der Waals surface area contributed by atoms with Crippen molar-refractivity contribution in [2.24, 2.45) is 0 Å². The third-order valence-corrected chi connectivity index (χ3v) is 5.66. The lowest BCUT2D eigenvalue weighted by Gasteiger charge is -2.09. The van der Waals surface area contributed by atoms with Gasteiger partial charge in [-0.3, -0.25) is 14.9 Å². The lowest BCUT2D eigenvalue weighted by molar-refractivity contribution is -0.384. The number of fused-ring (bicyclic) bond motifs is 1. The minimum Gasteiger partial charge on any atom is -0.460 e. The second-order valence-electron chi connectivity index (χ2n) is 7.67. The number of halogens is 1. The fraction of sp³-hybridized carbons (Fsp3) is 0.0769. The van der Waals surface area contributed by atoms with Gasteiger partial charge in [0.05, 0.1) is 10.3 Å². The highest BCUT2D eigenvalue weighted by molar-refractivity contribution is 6.32. The first-order chi connectivity index (χ1) is 16.7. The molecule has 0 fully saturated rings. The number of carbonyl (C=O) groups excluding carboxylic acids is 1. The molecule has 0 atom stereocenters. The van der Waals surface area contributed by atoms with Crippen LogP contribution >= 0.6 is 11.6 Å². The molecule has 0 radical (unpaired) electrons. The van der Waals surface area contributed by atoms with E-state index in [1.54, 1.807) is 18.2 Å². The summed E-state index contributed by atoms with van der Waals surface area (Å²) in [7, 11) is 0. The van der Waals surface area contributed by atoms with E-state index in [4.69, 9.17) is 25.5 Å². The van der Waals surface area contributed by atoms with Gasteiger partial charge in [-0.25, -0.2) is 4.79 Å². The van der Waals surface area contributed by atoms with Crippen LogP contribution in [0.5, 0.6) is 17.2 Å². The molecule has 0 aliphatic heterocycles. The summed E-state index contributed by atoms with van der Waals surface area (Å²) >= 11 is 6.18. The van der Waals surface area contributed by atoms with E-state index < -0.39 is 10.9 Å². The summed E-state index contributed by atoms with van der Waals surface area (Å²) in [5.41, 5.74) is 1.84. The van der Waals surface area contributed by atoms with Crippen molar-refractivity contribution in [1.29, 1.82) is 0 Å². The van der Waals surface area contributed by atoms with Gasteiger partial charge in [0.2, 0.25) is 11.2 Å². The monoisotopic (exact) mass is 491 g/mol. The topological polar surface area (TPSA) is 109 Å². The van der Waals surface area contributed by atoms with Crippen molar-refractivity contribution in [2.45, 2.75) is 13.8 Å². The van der Waals surface area contributed by atoms with Crippen LogP contribution in [0.2, 0.25) is 5.02 Å². The first-order valence-electron chi connectivity index (χ1n) is 10.4. The Morgan fingerprint density at radius 3 is 2.51 bits per heavy atom. The van der Waals surface area contributed by atoms with Crippen molar-refractivity contribution in [3.8, 4) is 17.2 Å². The molecule has 8 nitrogen and oxygen atoms in total. The Labute approximate surface area is 204 Å². The van der Waals surface area contributed by atoms with E-state index in [1.165, 1.54) is 48.7 Å². The van der Waals surface area contributed by atoms with Gasteiger partial charge in [0.1, 0.15) is 23.3 Å². The zero-order chi connectivity index (χ0) is 25.1. The molecule has 176 valence electrons. The molecule has 0 unspecified atom stereocenters. The largest absolute Gasteiger partial charge is 0.460 e. The zero-order valence-electron chi connectivity index (χ0n) is 18.6. The number of aryl methyl sites for hydroxylation is 2. The van der Waals surface area contributed by atoms with Gasteiger partial charge in [-0.05, 0) is 60.9 Å². The second-order valence-corrected chi connectivity index (χ2v) is 8.04. The van der Waals surface area contributed by atoms with E-state index in [-0.39, 0.29) is 33.6 Å². The van der Waals surface area contributed by atoms with E-state index >= 15 is 0 Å². The predicted molar refractivity (Wildman–Crippen MR) is 131 cm³/mol. The van der Waals surface area contributed by atoms with E-state index in [1.807, 2.05) is 13.8 Å². The summed E-state index contributed by atoms with van der Waals surface area (Å²) in [6.45, 7) is 3.68. The fourth-order valence-corrected chi connectivity index (χ4v) is 3.48. The van der Waals surface area contributed by atoms with E-state index in [9.17, 15) is 19.7 Å². The molecule has 4 rings (SSSR count). The Morgan fingerprint density at radius 1 is 1.06 bits per heavy atom. The van der Waals surface area contributed by atoms with Crippen LogP contribution in [0, 0.1) is 24.0 Å². The second kappa shape index (κ2) is 9.82. The SMILES string of the molecule is Cc1cc(Oc2coc3cc(OC(=O)/C=C/c4cccc([N+](=O)[O-])c4)ccc3c2=O)cc(C)c1Cl. The maximum atomic E-state index is 12.9. The normalized spacial score (nSPS) is 11.1. The number of rotatable bonds is 6. The first kappa shape index (κ1) is 23.7. The number of nitro groups is 1. The van der Waals surface area contributed by atoms with Crippen LogP contribution in [0.25, 0.3) is 17.0 Å². The molecule has 0 bridgehead atoms. The summed E-state index contributed by atoms with van der Waals surface area (Å²) in [6, 6.07) is 13.6. The van der Waals surface area contributed by atoms with Crippen LogP contribution in [-0.4, -0.2) is 10.9 Å². The van der Waals surface area contributed by atoms with Gasteiger partial charge in [0.15, 0.2) is 0 Å². The molecule has 4 aromatic rings. The average molecular weight is 492 g/mol. The molecule has 9 heteroatoms. The molecule has 0 saturated carbocycles. The fourth-order valence-electron chi connectivity index (χ4n) is 3.37. The van der Waals surface area contributed by atoms with Gasteiger partial charge in [-0.15, -0.1) is 0 Å². The summed E-state index contributed by atoms with van der Waals surface area (Å²) in [5, 5.41) is 11.7. The Kier molecular flexibility index (Phi) is 6.66. The number of ether oxygens (including phenoxy) is 2. The Hall–Kier alpha value is -4.43. The smallest absolute Gasteiger partial charge is 0.336 e. The molecule has 1 aromatic heterocycles. The van der Waals surface area contributed by atoms with Crippen molar-refractivity contribution in [3.05, 3.63) is 109 Å². The number of hydrogen-bond acceptors (Lipinski definition) is 7. The molecule has 0 aliphatic rings. The van der Waals surface area contributed by atoms with Crippen LogP contribution in [0.4, 0.5) is 5.69 Å². The summed E-state index contributed by atoms with van der Waals surface area (Å²) < 4.78 is 16.5. The molecular weight excluding hydrogens is 474 g/mol. The molecule has 0 spiro atoms. The highest BCUT2D eigenvalue weighted by Gasteiger charge is 2.13. The van der Waals surface area contributed by atoms with Crippen molar-refractivity contribution >= 4 is 40.3 Å². The van der Waals surface area contributed by atoms with Gasteiger partial charge >= 0.3 is 5.97 Å². The van der Waals surface area contributed by atoms with Crippen LogP contribution in [0.3, 0.4) is 0 Å². The lowest BCUT2D eigenvalue weighted by atomic mass is 10.1. The first-order valence-corrected chi connectivity index (χ1v) is 10.7. The summed E-state index contributed by atoms with van der Waals surface area (Å²) in [5.74, 6) is -0.0843. The molecule has 0 saturated heterocycles. The molecular formula is C26H18ClNO7. The van der Waals surface area contributed by atoms with E-state index in [0.29, 0.717) is 16.3 Å². The highest BCUT2D eigenvalue weighted by atomic mass is 35.5. The predicted octanol–water partition coefficient (Wildman–Crippen LogP) is 6.38. The minimum atomic E-state index is -0.702. The van der Waals surface area contributed by atoms with Crippen molar-refractivity contribution in [2.75, 3.05) is 0 Å². The number of nitro benzene ring substituents is 1. The Balaban J connectivity index is 1.51. The number of nitrogens with zero attached hydrogens (tertiary/aromatic N) is 1. The van der Waals surface area contributed by atoms with Crippen LogP contribution in [0.15, 0.2) is 76.1 Å². The van der Waals surface area contributed by atoms with Crippen molar-refractivity contribution in [3.63, 3.8) is 0 Å². The highest BCUT2D eigenvalue weighted by Crippen LogP contribution is 2.29. The molecule has 0 aliphatic carbocycles. The Bertz CT molecular complexity index is 1530. The summed E-state index contributed by atoms with van der Waals surface area (Å²) in [4.78, 5) is 35.4. The number of non-ortho nitro benzene ring substituents is 1. The number of hydrogen-bond donors (Lipinski definition) is 0. The molecule has 1 heterocycles. The molecule has 35 heavy (non-hydrogen) atoms. The molecule has 0 N–H and O–H groups in total. The van der Waals surface area contributed by atoms with Crippen molar-refractivity contribution < 1.29 is 23.6 Å². The molecule has 0 amide bonds. The third kappa shape index (κ3) is 5.39. The maximum absolute atomic E-state index is 12.9. The van der Waals surface area contributed by atoms with Gasteiger partial charge in [-0.2, -0.15) is 0 Å². The van der Waals surface area contributed by atoms with Gasteiger partial charge in [0, 0.05) is 29.3 Å². The lowest BCUT2D eigenvalue weighted by Crippen LogP contribution is -2.06. The average Bonchev–Trinajstić information content (AvgIpc) is 2.83. The molecule has 3 aromatic carbocycles. The number of esters is 1. The maximum Gasteiger partial charge on any atom is 0.336 e. The number of benzene rings is 3. The van der Waals surface area contributed by atoms with Crippen LogP contribution in [0.1, 0.15) is 16.7 Å². The van der Waals surface area contributed by atoms with Gasteiger partial charge < -0.3 is 13.9 Å².